The molecule has 0 aliphatic carbocycles. The molecule has 0 aromatic carbocycles. The zero-order chi connectivity index (χ0) is 14.8. The van der Waals surface area contributed by atoms with Gasteiger partial charge in [0.25, 0.3) is 0 Å². The summed E-state index contributed by atoms with van der Waals surface area (Å²) in [6.07, 6.45) is 2.67. The summed E-state index contributed by atoms with van der Waals surface area (Å²) in [5.41, 5.74) is 6.69. The Labute approximate surface area is 142 Å². The first-order valence-electron chi connectivity index (χ1n) is 6.71. The van der Waals surface area contributed by atoms with Crippen LogP contribution in [0.15, 0.2) is 29.4 Å². The van der Waals surface area contributed by atoms with E-state index in [9.17, 15) is 4.79 Å². The highest BCUT2D eigenvalue weighted by Gasteiger charge is 2.04. The number of rotatable bonds is 7. The summed E-state index contributed by atoms with van der Waals surface area (Å²) in [6, 6.07) is 5.78. The summed E-state index contributed by atoms with van der Waals surface area (Å²) in [5.74, 6) is 0.0725. The lowest BCUT2D eigenvalue weighted by atomic mass is 10.3. The standard InChI is InChI=1S/C14H22N4O2.HI/c1-11(2)20-13(19)7-10-18-14(15)17-9-6-12-5-3-4-8-16-12;/h3-5,8,11H,6-7,9-10H2,1-2H3,(H3,15,17,18);1H. The number of guanidine groups is 1. The van der Waals surface area contributed by atoms with E-state index in [1.807, 2.05) is 32.0 Å². The number of esters is 1. The maximum absolute atomic E-state index is 11.3. The van der Waals surface area contributed by atoms with Crippen molar-refractivity contribution in [2.24, 2.45) is 10.7 Å². The molecule has 7 heteroatoms. The number of aromatic nitrogens is 1. The quantitative estimate of drug-likeness (QED) is 0.310. The first-order valence-corrected chi connectivity index (χ1v) is 6.71. The number of carbonyl (C=O) groups is 1. The molecule has 6 nitrogen and oxygen atoms in total. The lowest BCUT2D eigenvalue weighted by molar-refractivity contribution is -0.147. The third-order valence-corrected chi connectivity index (χ3v) is 2.38. The summed E-state index contributed by atoms with van der Waals surface area (Å²) in [6.45, 7) is 4.61. The highest BCUT2D eigenvalue weighted by molar-refractivity contribution is 14.0. The fraction of sp³-hybridized carbons (Fsp3) is 0.500. The van der Waals surface area contributed by atoms with Crippen LogP contribution in [-0.4, -0.2) is 36.1 Å². The Morgan fingerprint density at radius 2 is 2.24 bits per heavy atom. The molecule has 1 aromatic heterocycles. The van der Waals surface area contributed by atoms with Crippen molar-refractivity contribution in [3.63, 3.8) is 0 Å². The molecule has 0 radical (unpaired) electrons. The van der Waals surface area contributed by atoms with E-state index in [1.54, 1.807) is 6.20 Å². The third kappa shape index (κ3) is 10.1. The van der Waals surface area contributed by atoms with Crippen molar-refractivity contribution in [2.75, 3.05) is 13.1 Å². The summed E-state index contributed by atoms with van der Waals surface area (Å²) in [4.78, 5) is 19.5. The average molecular weight is 406 g/mol. The fourth-order valence-electron chi connectivity index (χ4n) is 1.51. The van der Waals surface area contributed by atoms with Crippen LogP contribution >= 0.6 is 24.0 Å². The normalized spacial score (nSPS) is 10.9. The van der Waals surface area contributed by atoms with Gasteiger partial charge in [0.15, 0.2) is 5.96 Å². The Morgan fingerprint density at radius 3 is 2.86 bits per heavy atom. The molecule has 0 unspecified atom stereocenters. The number of carbonyl (C=O) groups excluding carboxylic acids is 1. The van der Waals surface area contributed by atoms with Gasteiger partial charge in [0.1, 0.15) is 0 Å². The van der Waals surface area contributed by atoms with E-state index in [1.165, 1.54) is 0 Å². The van der Waals surface area contributed by atoms with Crippen LogP contribution in [0.5, 0.6) is 0 Å². The van der Waals surface area contributed by atoms with Crippen molar-refractivity contribution >= 4 is 35.9 Å². The molecular weight excluding hydrogens is 383 g/mol. The van der Waals surface area contributed by atoms with E-state index < -0.39 is 0 Å². The number of nitrogens with zero attached hydrogens (tertiary/aromatic N) is 2. The molecule has 0 bridgehead atoms. The number of nitrogens with one attached hydrogen (secondary N) is 1. The van der Waals surface area contributed by atoms with Gasteiger partial charge in [0, 0.05) is 24.9 Å². The number of ether oxygens (including phenoxy) is 1. The van der Waals surface area contributed by atoms with Crippen LogP contribution in [-0.2, 0) is 16.0 Å². The van der Waals surface area contributed by atoms with Gasteiger partial charge < -0.3 is 15.8 Å². The second-order valence-corrected chi connectivity index (χ2v) is 4.55. The van der Waals surface area contributed by atoms with Gasteiger partial charge in [0.2, 0.25) is 0 Å². The van der Waals surface area contributed by atoms with Gasteiger partial charge in [-0.05, 0) is 26.0 Å². The Bertz CT molecular complexity index is 438. The van der Waals surface area contributed by atoms with Gasteiger partial charge >= 0.3 is 5.97 Å². The molecule has 1 heterocycles. The first-order chi connectivity index (χ1) is 9.58. The molecule has 118 valence electrons. The summed E-state index contributed by atoms with van der Waals surface area (Å²) in [5, 5.41) is 2.98. The molecule has 3 N–H and O–H groups in total. The Morgan fingerprint density at radius 1 is 1.48 bits per heavy atom. The minimum Gasteiger partial charge on any atom is -0.463 e. The van der Waals surface area contributed by atoms with Crippen LogP contribution in [0.2, 0.25) is 0 Å². The molecule has 0 spiro atoms. The molecule has 0 aliphatic heterocycles. The van der Waals surface area contributed by atoms with Gasteiger partial charge in [-0.3, -0.25) is 14.8 Å². The molecule has 0 saturated carbocycles. The monoisotopic (exact) mass is 406 g/mol. The molecule has 0 fully saturated rings. The van der Waals surface area contributed by atoms with Crippen LogP contribution in [0, 0.1) is 0 Å². The number of hydrogen-bond donors (Lipinski definition) is 2. The SMILES string of the molecule is CC(C)OC(=O)CCN=C(N)NCCc1ccccn1.I. The summed E-state index contributed by atoms with van der Waals surface area (Å²) < 4.78 is 4.99. The summed E-state index contributed by atoms with van der Waals surface area (Å²) in [7, 11) is 0. The maximum Gasteiger partial charge on any atom is 0.307 e. The lowest BCUT2D eigenvalue weighted by Crippen LogP contribution is -2.33. The Kier molecular flexibility index (Phi) is 10.6. The van der Waals surface area contributed by atoms with Crippen molar-refractivity contribution in [3.8, 4) is 0 Å². The zero-order valence-electron chi connectivity index (χ0n) is 12.4. The van der Waals surface area contributed by atoms with Crippen molar-refractivity contribution in [1.82, 2.24) is 10.3 Å². The van der Waals surface area contributed by atoms with Crippen LogP contribution in [0.25, 0.3) is 0 Å². The van der Waals surface area contributed by atoms with Crippen molar-refractivity contribution in [1.29, 1.82) is 0 Å². The van der Waals surface area contributed by atoms with E-state index in [-0.39, 0.29) is 42.5 Å². The highest BCUT2D eigenvalue weighted by Crippen LogP contribution is 1.94. The third-order valence-electron chi connectivity index (χ3n) is 2.38. The largest absolute Gasteiger partial charge is 0.463 e. The maximum atomic E-state index is 11.3. The number of hydrogen-bond acceptors (Lipinski definition) is 4. The van der Waals surface area contributed by atoms with Crippen LogP contribution in [0.1, 0.15) is 26.0 Å². The molecule has 1 rings (SSSR count). The minimum atomic E-state index is -0.259. The highest BCUT2D eigenvalue weighted by atomic mass is 127. The summed E-state index contributed by atoms with van der Waals surface area (Å²) >= 11 is 0. The van der Waals surface area contributed by atoms with Crippen LogP contribution in [0.4, 0.5) is 0 Å². The molecule has 0 amide bonds. The molecular formula is C14H23IN4O2. The van der Waals surface area contributed by atoms with Gasteiger partial charge in [0.05, 0.1) is 19.1 Å². The van der Waals surface area contributed by atoms with E-state index in [4.69, 9.17) is 10.5 Å². The van der Waals surface area contributed by atoms with Crippen molar-refractivity contribution < 1.29 is 9.53 Å². The van der Waals surface area contributed by atoms with Crippen molar-refractivity contribution in [2.45, 2.75) is 32.8 Å². The molecule has 1 aromatic rings. The van der Waals surface area contributed by atoms with Gasteiger partial charge in [-0.2, -0.15) is 0 Å². The number of pyridine rings is 1. The fourth-order valence-corrected chi connectivity index (χ4v) is 1.51. The predicted octanol–water partition coefficient (Wildman–Crippen LogP) is 1.49. The van der Waals surface area contributed by atoms with E-state index in [0.717, 1.165) is 12.1 Å². The molecule has 0 aliphatic rings. The second-order valence-electron chi connectivity index (χ2n) is 4.55. The lowest BCUT2D eigenvalue weighted by Gasteiger charge is -2.07. The topological polar surface area (TPSA) is 89.6 Å². The Hall–Kier alpha value is -1.38. The van der Waals surface area contributed by atoms with E-state index >= 15 is 0 Å². The van der Waals surface area contributed by atoms with Gasteiger partial charge in [-0.1, -0.05) is 6.07 Å². The van der Waals surface area contributed by atoms with Gasteiger partial charge in [-0.15, -0.1) is 24.0 Å². The molecule has 0 atom stereocenters. The number of nitrogens with two attached hydrogens (primary N) is 1. The smallest absolute Gasteiger partial charge is 0.307 e. The number of aliphatic imine (C=N–C) groups is 1. The van der Waals surface area contributed by atoms with Crippen LogP contribution in [0.3, 0.4) is 0 Å². The molecule has 0 saturated heterocycles. The molecule has 21 heavy (non-hydrogen) atoms. The van der Waals surface area contributed by atoms with Gasteiger partial charge in [-0.25, -0.2) is 0 Å². The second kappa shape index (κ2) is 11.3. The number of halogens is 1. The Balaban J connectivity index is 0.00000400. The first kappa shape index (κ1) is 19.6. The minimum absolute atomic E-state index is 0. The van der Waals surface area contributed by atoms with Crippen LogP contribution < -0.4 is 11.1 Å². The average Bonchev–Trinajstić information content (AvgIpc) is 2.39. The van der Waals surface area contributed by atoms with E-state index in [0.29, 0.717) is 19.0 Å². The zero-order valence-corrected chi connectivity index (χ0v) is 14.7. The predicted molar refractivity (Wildman–Crippen MR) is 93.7 cm³/mol. The van der Waals surface area contributed by atoms with Crippen molar-refractivity contribution in [3.05, 3.63) is 30.1 Å². The van der Waals surface area contributed by atoms with E-state index in [2.05, 4.69) is 15.3 Å².